The van der Waals surface area contributed by atoms with Crippen LogP contribution in [0.1, 0.15) is 5.56 Å². The highest BCUT2D eigenvalue weighted by Gasteiger charge is 2.06. The summed E-state index contributed by atoms with van der Waals surface area (Å²) < 4.78 is 0. The molecule has 0 unspecified atom stereocenters. The molecule has 14 heavy (non-hydrogen) atoms. The summed E-state index contributed by atoms with van der Waals surface area (Å²) in [6, 6.07) is 5.69. The number of nitrogen functional groups attached to an aromatic ring is 1. The standard InChI is InChI=1S/C10H12ClN3/c11-8-5-7(1-2-9(8)12)6-10-13-3-4-14-10/h1-2,5H,3-4,6,12H2,(H,13,14). The summed E-state index contributed by atoms with van der Waals surface area (Å²) in [7, 11) is 0. The van der Waals surface area contributed by atoms with Gasteiger partial charge in [-0.25, -0.2) is 0 Å². The molecule has 0 amide bonds. The van der Waals surface area contributed by atoms with Gasteiger partial charge < -0.3 is 11.1 Å². The van der Waals surface area contributed by atoms with Crippen molar-refractivity contribution in [2.75, 3.05) is 18.8 Å². The summed E-state index contributed by atoms with van der Waals surface area (Å²) in [6.45, 7) is 1.82. The van der Waals surface area contributed by atoms with Crippen molar-refractivity contribution in [3.63, 3.8) is 0 Å². The number of aliphatic imine (C=N–C) groups is 1. The van der Waals surface area contributed by atoms with E-state index in [1.54, 1.807) is 0 Å². The summed E-state index contributed by atoms with van der Waals surface area (Å²) in [6.07, 6.45) is 0.806. The zero-order valence-electron chi connectivity index (χ0n) is 7.76. The lowest BCUT2D eigenvalue weighted by atomic mass is 10.1. The van der Waals surface area contributed by atoms with Gasteiger partial charge in [0.15, 0.2) is 0 Å². The predicted molar refractivity (Wildman–Crippen MR) is 59.9 cm³/mol. The number of nitrogens with two attached hydrogens (primary N) is 1. The van der Waals surface area contributed by atoms with E-state index in [1.807, 2.05) is 18.2 Å². The van der Waals surface area contributed by atoms with Gasteiger partial charge in [-0.2, -0.15) is 0 Å². The van der Waals surface area contributed by atoms with E-state index in [2.05, 4.69) is 10.3 Å². The molecule has 0 saturated heterocycles. The fourth-order valence-corrected chi connectivity index (χ4v) is 1.64. The smallest absolute Gasteiger partial charge is 0.101 e. The second-order valence-corrected chi connectivity index (χ2v) is 3.70. The van der Waals surface area contributed by atoms with Crippen LogP contribution in [0.15, 0.2) is 23.2 Å². The first kappa shape index (κ1) is 9.34. The van der Waals surface area contributed by atoms with Gasteiger partial charge in [0, 0.05) is 13.0 Å². The topological polar surface area (TPSA) is 50.4 Å². The predicted octanol–water partition coefficient (Wildman–Crippen LogP) is 1.47. The van der Waals surface area contributed by atoms with E-state index >= 15 is 0 Å². The van der Waals surface area contributed by atoms with Crippen molar-refractivity contribution in [1.29, 1.82) is 0 Å². The Bertz CT molecular complexity index is 374. The third-order valence-electron chi connectivity index (χ3n) is 2.18. The van der Waals surface area contributed by atoms with Crippen LogP contribution in [0.25, 0.3) is 0 Å². The van der Waals surface area contributed by atoms with Crippen molar-refractivity contribution in [3.05, 3.63) is 28.8 Å². The van der Waals surface area contributed by atoms with Gasteiger partial charge in [-0.05, 0) is 17.7 Å². The van der Waals surface area contributed by atoms with Gasteiger partial charge in [-0.15, -0.1) is 0 Å². The lowest BCUT2D eigenvalue weighted by Crippen LogP contribution is -2.20. The highest BCUT2D eigenvalue weighted by atomic mass is 35.5. The molecule has 1 heterocycles. The Kier molecular flexibility index (Phi) is 2.59. The number of amidine groups is 1. The second-order valence-electron chi connectivity index (χ2n) is 3.29. The van der Waals surface area contributed by atoms with Gasteiger partial charge in [-0.1, -0.05) is 17.7 Å². The third kappa shape index (κ3) is 1.99. The fourth-order valence-electron chi connectivity index (χ4n) is 1.44. The number of hydrogen-bond acceptors (Lipinski definition) is 3. The van der Waals surface area contributed by atoms with E-state index in [-0.39, 0.29) is 0 Å². The first-order chi connectivity index (χ1) is 6.75. The molecule has 3 nitrogen and oxygen atoms in total. The van der Waals surface area contributed by atoms with Crippen molar-refractivity contribution < 1.29 is 0 Å². The number of hydrogen-bond donors (Lipinski definition) is 2. The average molecular weight is 210 g/mol. The maximum atomic E-state index is 5.91. The van der Waals surface area contributed by atoms with Gasteiger partial charge in [0.05, 0.1) is 17.3 Å². The molecule has 1 aliphatic rings. The molecule has 0 atom stereocenters. The van der Waals surface area contributed by atoms with E-state index in [4.69, 9.17) is 17.3 Å². The molecule has 0 saturated carbocycles. The molecule has 3 N–H and O–H groups in total. The van der Waals surface area contributed by atoms with Crippen LogP contribution in [-0.2, 0) is 6.42 Å². The van der Waals surface area contributed by atoms with Crippen molar-refractivity contribution in [1.82, 2.24) is 5.32 Å². The van der Waals surface area contributed by atoms with Crippen LogP contribution in [0.5, 0.6) is 0 Å². The lowest BCUT2D eigenvalue weighted by Gasteiger charge is -2.04. The summed E-state index contributed by atoms with van der Waals surface area (Å²) in [5.41, 5.74) is 7.38. The van der Waals surface area contributed by atoms with Crippen LogP contribution in [0.4, 0.5) is 5.69 Å². The summed E-state index contributed by atoms with van der Waals surface area (Å²) >= 11 is 5.91. The first-order valence-corrected chi connectivity index (χ1v) is 4.94. The number of anilines is 1. The van der Waals surface area contributed by atoms with E-state index in [1.165, 1.54) is 0 Å². The molecule has 0 spiro atoms. The molecular weight excluding hydrogens is 198 g/mol. The number of halogens is 1. The Morgan fingerprint density at radius 3 is 3.00 bits per heavy atom. The van der Waals surface area contributed by atoms with Gasteiger partial charge in [-0.3, -0.25) is 4.99 Å². The molecule has 2 rings (SSSR count). The number of nitrogens with one attached hydrogen (secondary N) is 1. The van der Waals surface area contributed by atoms with E-state index in [9.17, 15) is 0 Å². The molecule has 4 heteroatoms. The van der Waals surface area contributed by atoms with Crippen LogP contribution >= 0.6 is 11.6 Å². The number of rotatable bonds is 2. The fraction of sp³-hybridized carbons (Fsp3) is 0.300. The Balaban J connectivity index is 2.13. The van der Waals surface area contributed by atoms with Crippen LogP contribution in [-0.4, -0.2) is 18.9 Å². The van der Waals surface area contributed by atoms with Crippen LogP contribution in [0.2, 0.25) is 5.02 Å². The van der Waals surface area contributed by atoms with Gasteiger partial charge in [0.25, 0.3) is 0 Å². The maximum Gasteiger partial charge on any atom is 0.101 e. The zero-order valence-corrected chi connectivity index (χ0v) is 8.51. The van der Waals surface area contributed by atoms with Crippen molar-refractivity contribution in [2.24, 2.45) is 4.99 Å². The molecule has 74 valence electrons. The molecule has 1 aromatic carbocycles. The Morgan fingerprint density at radius 1 is 1.50 bits per heavy atom. The maximum absolute atomic E-state index is 5.91. The van der Waals surface area contributed by atoms with Crippen LogP contribution in [0.3, 0.4) is 0 Å². The molecule has 0 radical (unpaired) electrons. The third-order valence-corrected chi connectivity index (χ3v) is 2.51. The van der Waals surface area contributed by atoms with Crippen LogP contribution < -0.4 is 11.1 Å². The van der Waals surface area contributed by atoms with Gasteiger partial charge in [0.2, 0.25) is 0 Å². The minimum atomic E-state index is 0.612. The van der Waals surface area contributed by atoms with Crippen molar-refractivity contribution in [3.8, 4) is 0 Å². The number of nitrogens with zero attached hydrogens (tertiary/aromatic N) is 1. The molecule has 1 aliphatic heterocycles. The van der Waals surface area contributed by atoms with E-state index in [0.29, 0.717) is 10.7 Å². The van der Waals surface area contributed by atoms with E-state index in [0.717, 1.165) is 30.9 Å². The highest BCUT2D eigenvalue weighted by molar-refractivity contribution is 6.33. The van der Waals surface area contributed by atoms with Gasteiger partial charge in [0.1, 0.15) is 5.84 Å². The van der Waals surface area contributed by atoms with E-state index < -0.39 is 0 Å². The molecule has 0 aliphatic carbocycles. The quantitative estimate of drug-likeness (QED) is 0.725. The average Bonchev–Trinajstić information content (AvgIpc) is 2.64. The molecular formula is C10H12ClN3. The SMILES string of the molecule is Nc1ccc(CC2=NCCN2)cc1Cl. The molecule has 0 aromatic heterocycles. The monoisotopic (exact) mass is 209 g/mol. The van der Waals surface area contributed by atoms with Gasteiger partial charge >= 0.3 is 0 Å². The highest BCUT2D eigenvalue weighted by Crippen LogP contribution is 2.20. The molecule has 0 bridgehead atoms. The lowest BCUT2D eigenvalue weighted by molar-refractivity contribution is 0.953. The second kappa shape index (κ2) is 3.88. The zero-order chi connectivity index (χ0) is 9.97. The Labute approximate surface area is 88.0 Å². The minimum Gasteiger partial charge on any atom is -0.398 e. The molecule has 1 aromatic rings. The van der Waals surface area contributed by atoms with Crippen molar-refractivity contribution >= 4 is 23.1 Å². The summed E-state index contributed by atoms with van der Waals surface area (Å²) in [4.78, 5) is 4.31. The Morgan fingerprint density at radius 2 is 2.36 bits per heavy atom. The van der Waals surface area contributed by atoms with Crippen molar-refractivity contribution in [2.45, 2.75) is 6.42 Å². The number of benzene rings is 1. The summed E-state index contributed by atoms with van der Waals surface area (Å²) in [5.74, 6) is 1.03. The summed E-state index contributed by atoms with van der Waals surface area (Å²) in [5, 5.41) is 3.83. The van der Waals surface area contributed by atoms with Crippen LogP contribution in [0, 0.1) is 0 Å². The normalized spacial score (nSPS) is 15.1. The Hall–Kier alpha value is -1.22. The first-order valence-electron chi connectivity index (χ1n) is 4.57. The minimum absolute atomic E-state index is 0.612. The largest absolute Gasteiger partial charge is 0.398 e. The molecule has 0 fully saturated rings.